The Kier molecular flexibility index (Phi) is 2.30. The summed E-state index contributed by atoms with van der Waals surface area (Å²) in [5.41, 5.74) is 1.88. The predicted octanol–water partition coefficient (Wildman–Crippen LogP) is 3.49. The molecule has 2 aromatic rings. The Hall–Kier alpha value is -2.36. The van der Waals surface area contributed by atoms with E-state index in [9.17, 15) is 9.18 Å². The highest BCUT2D eigenvalue weighted by Crippen LogP contribution is 2.36. The summed E-state index contributed by atoms with van der Waals surface area (Å²) >= 11 is 0. The lowest BCUT2D eigenvalue weighted by Gasteiger charge is -2.07. The summed E-state index contributed by atoms with van der Waals surface area (Å²) in [7, 11) is 0. The smallest absolute Gasteiger partial charge is 0.259 e. The lowest BCUT2D eigenvalue weighted by molar-refractivity contribution is 0.102. The molecule has 1 aliphatic heterocycles. The molecule has 0 aliphatic carbocycles. The van der Waals surface area contributed by atoms with E-state index in [1.807, 2.05) is 13.0 Å². The maximum absolute atomic E-state index is 13.2. The highest BCUT2D eigenvalue weighted by atomic mass is 19.1. The number of anilines is 1. The number of amides is 1. The number of aryl methyl sites for hydroxylation is 1. The number of halogens is 1. The zero-order valence-electron chi connectivity index (χ0n) is 9.66. The summed E-state index contributed by atoms with van der Waals surface area (Å²) in [4.78, 5) is 12.0. The highest BCUT2D eigenvalue weighted by Gasteiger charge is 2.20. The fourth-order valence-electron chi connectivity index (χ4n) is 1.89. The molecule has 0 fully saturated rings. The number of fused-ring (bicyclic) bond motifs is 2. The Morgan fingerprint density at radius 2 is 1.94 bits per heavy atom. The molecule has 0 bridgehead atoms. The molecule has 90 valence electrons. The van der Waals surface area contributed by atoms with Crippen LogP contribution in [0.3, 0.4) is 0 Å². The molecule has 0 aromatic heterocycles. The van der Waals surface area contributed by atoms with Gasteiger partial charge in [-0.1, -0.05) is 6.07 Å². The van der Waals surface area contributed by atoms with Gasteiger partial charge in [-0.15, -0.1) is 0 Å². The number of benzene rings is 2. The molecule has 0 radical (unpaired) electrons. The van der Waals surface area contributed by atoms with Crippen molar-refractivity contribution in [2.45, 2.75) is 6.92 Å². The van der Waals surface area contributed by atoms with Crippen molar-refractivity contribution in [2.24, 2.45) is 0 Å². The Labute approximate surface area is 103 Å². The minimum absolute atomic E-state index is 0.254. The lowest BCUT2D eigenvalue weighted by atomic mass is 10.1. The van der Waals surface area contributed by atoms with Gasteiger partial charge in [-0.3, -0.25) is 4.79 Å². The number of hydrogen-bond donors (Lipinski definition) is 1. The second-order valence-corrected chi connectivity index (χ2v) is 4.20. The predicted molar refractivity (Wildman–Crippen MR) is 65.6 cm³/mol. The van der Waals surface area contributed by atoms with Crippen molar-refractivity contribution in [3.05, 3.63) is 53.3 Å². The largest absolute Gasteiger partial charge is 0.454 e. The monoisotopic (exact) mass is 243 g/mol. The average molecular weight is 243 g/mol. The second-order valence-electron chi connectivity index (χ2n) is 4.20. The minimum Gasteiger partial charge on any atom is -0.454 e. The van der Waals surface area contributed by atoms with E-state index in [-0.39, 0.29) is 5.91 Å². The van der Waals surface area contributed by atoms with Gasteiger partial charge in [-0.2, -0.15) is 0 Å². The van der Waals surface area contributed by atoms with Gasteiger partial charge in [-0.25, -0.2) is 4.39 Å². The first-order chi connectivity index (χ1) is 8.63. The number of carbonyl (C=O) groups excluding carboxylic acids is 1. The molecule has 0 spiro atoms. The van der Waals surface area contributed by atoms with Crippen LogP contribution < -0.4 is 10.1 Å². The molecule has 1 heterocycles. The zero-order chi connectivity index (χ0) is 12.7. The van der Waals surface area contributed by atoms with Crippen LogP contribution >= 0.6 is 0 Å². The van der Waals surface area contributed by atoms with E-state index in [1.54, 1.807) is 12.1 Å². The van der Waals surface area contributed by atoms with Crippen LogP contribution in [0.4, 0.5) is 10.1 Å². The fraction of sp³-hybridized carbons (Fsp3) is 0.0714. The number of ether oxygens (including phenoxy) is 1. The van der Waals surface area contributed by atoms with E-state index >= 15 is 0 Å². The SMILES string of the molecule is Cc1ccc2c(c1)Oc1cc(F)ccc1NC2=O. The summed E-state index contributed by atoms with van der Waals surface area (Å²) in [5.74, 6) is 0.0963. The van der Waals surface area contributed by atoms with Crippen LogP contribution in [0, 0.1) is 12.7 Å². The number of hydrogen-bond acceptors (Lipinski definition) is 2. The van der Waals surface area contributed by atoms with Crippen LogP contribution in [0.25, 0.3) is 0 Å². The van der Waals surface area contributed by atoms with Gasteiger partial charge in [-0.05, 0) is 36.8 Å². The molecule has 0 unspecified atom stereocenters. The molecular weight excluding hydrogens is 233 g/mol. The van der Waals surface area contributed by atoms with Crippen LogP contribution in [-0.4, -0.2) is 5.91 Å². The first kappa shape index (κ1) is 10.8. The molecule has 4 heteroatoms. The van der Waals surface area contributed by atoms with Crippen LogP contribution in [0.1, 0.15) is 15.9 Å². The first-order valence-electron chi connectivity index (χ1n) is 5.53. The maximum atomic E-state index is 13.2. The summed E-state index contributed by atoms with van der Waals surface area (Å²) < 4.78 is 18.8. The van der Waals surface area contributed by atoms with Gasteiger partial charge in [0.05, 0.1) is 11.3 Å². The van der Waals surface area contributed by atoms with Crippen molar-refractivity contribution in [2.75, 3.05) is 5.32 Å². The second kappa shape index (κ2) is 3.84. The van der Waals surface area contributed by atoms with Gasteiger partial charge in [0, 0.05) is 6.07 Å². The summed E-state index contributed by atoms with van der Waals surface area (Å²) in [6, 6.07) is 9.31. The molecule has 0 saturated carbocycles. The third kappa shape index (κ3) is 1.72. The van der Waals surface area contributed by atoms with Crippen LogP contribution in [0.5, 0.6) is 11.5 Å². The van der Waals surface area contributed by atoms with Gasteiger partial charge in [0.2, 0.25) is 0 Å². The molecule has 3 rings (SSSR count). The standard InChI is InChI=1S/C14H10FNO2/c1-8-2-4-10-12(6-8)18-13-7-9(15)3-5-11(13)16-14(10)17/h2-7H,1H3,(H,16,17). The highest BCUT2D eigenvalue weighted by molar-refractivity contribution is 6.08. The van der Waals surface area contributed by atoms with Crippen molar-refractivity contribution in [1.29, 1.82) is 0 Å². The molecular formula is C14H10FNO2. The van der Waals surface area contributed by atoms with Gasteiger partial charge in [0.15, 0.2) is 5.75 Å². The lowest BCUT2D eigenvalue weighted by Crippen LogP contribution is -2.10. The van der Waals surface area contributed by atoms with E-state index in [0.29, 0.717) is 22.7 Å². The van der Waals surface area contributed by atoms with E-state index in [1.165, 1.54) is 18.2 Å². The Morgan fingerprint density at radius 3 is 2.78 bits per heavy atom. The zero-order valence-corrected chi connectivity index (χ0v) is 9.66. The van der Waals surface area contributed by atoms with Crippen molar-refractivity contribution < 1.29 is 13.9 Å². The first-order valence-corrected chi connectivity index (χ1v) is 5.53. The van der Waals surface area contributed by atoms with Crippen LogP contribution in [0.15, 0.2) is 36.4 Å². The van der Waals surface area contributed by atoms with E-state index in [4.69, 9.17) is 4.74 Å². The summed E-state index contributed by atoms with van der Waals surface area (Å²) in [6.07, 6.45) is 0. The normalized spacial score (nSPS) is 12.9. The molecule has 1 N–H and O–H groups in total. The number of rotatable bonds is 0. The topological polar surface area (TPSA) is 38.3 Å². The van der Waals surface area contributed by atoms with E-state index in [0.717, 1.165) is 5.56 Å². The molecule has 0 atom stereocenters. The Morgan fingerprint density at radius 1 is 1.11 bits per heavy atom. The quantitative estimate of drug-likeness (QED) is 0.769. The Bertz CT molecular complexity index is 652. The Balaban J connectivity index is 2.18. The van der Waals surface area contributed by atoms with Crippen molar-refractivity contribution in [1.82, 2.24) is 0 Å². The molecule has 0 saturated heterocycles. The summed E-state index contributed by atoms with van der Waals surface area (Å²) in [6.45, 7) is 1.90. The average Bonchev–Trinajstić information content (AvgIpc) is 2.44. The van der Waals surface area contributed by atoms with Crippen molar-refractivity contribution >= 4 is 11.6 Å². The number of carbonyl (C=O) groups is 1. The third-order valence-corrected chi connectivity index (χ3v) is 2.79. The van der Waals surface area contributed by atoms with Gasteiger partial charge in [0.25, 0.3) is 5.91 Å². The molecule has 3 nitrogen and oxygen atoms in total. The van der Waals surface area contributed by atoms with Crippen LogP contribution in [0.2, 0.25) is 0 Å². The van der Waals surface area contributed by atoms with Gasteiger partial charge >= 0.3 is 0 Å². The van der Waals surface area contributed by atoms with Crippen molar-refractivity contribution in [3.8, 4) is 11.5 Å². The van der Waals surface area contributed by atoms with Crippen molar-refractivity contribution in [3.63, 3.8) is 0 Å². The van der Waals surface area contributed by atoms with Crippen LogP contribution in [-0.2, 0) is 0 Å². The fourth-order valence-corrected chi connectivity index (χ4v) is 1.89. The number of nitrogens with one attached hydrogen (secondary N) is 1. The van der Waals surface area contributed by atoms with Gasteiger partial charge in [0.1, 0.15) is 11.6 Å². The molecule has 18 heavy (non-hydrogen) atoms. The third-order valence-electron chi connectivity index (χ3n) is 2.79. The minimum atomic E-state index is -0.404. The van der Waals surface area contributed by atoms with E-state index < -0.39 is 5.82 Å². The van der Waals surface area contributed by atoms with Gasteiger partial charge < -0.3 is 10.1 Å². The maximum Gasteiger partial charge on any atom is 0.259 e. The van der Waals surface area contributed by atoms with E-state index in [2.05, 4.69) is 5.32 Å². The molecule has 2 aromatic carbocycles. The summed E-state index contributed by atoms with van der Waals surface area (Å²) in [5, 5.41) is 2.69. The molecule has 1 amide bonds. The molecule has 1 aliphatic rings.